The van der Waals surface area contributed by atoms with E-state index >= 15 is 0 Å². The first-order chi connectivity index (χ1) is 12.9. The van der Waals surface area contributed by atoms with Crippen LogP contribution in [0.25, 0.3) is 0 Å². The van der Waals surface area contributed by atoms with Gasteiger partial charge in [0.1, 0.15) is 12.2 Å². The summed E-state index contributed by atoms with van der Waals surface area (Å²) >= 11 is 1.26. The SMILES string of the molecule is COc1ccc(NC(=O)Cn2ncc3c(c2=O)N(C)C(=O)CS3)cc1OC. The zero-order valence-electron chi connectivity index (χ0n) is 15.0. The molecule has 3 rings (SSSR count). The molecule has 0 unspecified atom stereocenters. The summed E-state index contributed by atoms with van der Waals surface area (Å²) in [7, 11) is 4.55. The number of nitrogens with one attached hydrogen (secondary N) is 1. The van der Waals surface area contributed by atoms with Gasteiger partial charge in [-0.1, -0.05) is 0 Å². The molecular weight excluding hydrogens is 372 g/mol. The molecule has 27 heavy (non-hydrogen) atoms. The van der Waals surface area contributed by atoms with Gasteiger partial charge in [0.25, 0.3) is 5.56 Å². The summed E-state index contributed by atoms with van der Waals surface area (Å²) in [5.74, 6) is 0.658. The van der Waals surface area contributed by atoms with E-state index in [1.807, 2.05) is 0 Å². The van der Waals surface area contributed by atoms with Gasteiger partial charge in [-0.15, -0.1) is 11.8 Å². The molecule has 142 valence electrons. The van der Waals surface area contributed by atoms with Crippen LogP contribution in [-0.4, -0.2) is 48.6 Å². The van der Waals surface area contributed by atoms with E-state index in [2.05, 4.69) is 10.4 Å². The van der Waals surface area contributed by atoms with Crippen LogP contribution in [0.5, 0.6) is 11.5 Å². The summed E-state index contributed by atoms with van der Waals surface area (Å²) in [5, 5.41) is 6.72. The minimum atomic E-state index is -0.488. The molecule has 10 heteroatoms. The van der Waals surface area contributed by atoms with Gasteiger partial charge in [-0.3, -0.25) is 14.4 Å². The van der Waals surface area contributed by atoms with Crippen molar-refractivity contribution < 1.29 is 19.1 Å². The Hall–Kier alpha value is -3.01. The molecule has 0 spiro atoms. The molecule has 9 nitrogen and oxygen atoms in total. The molecule has 0 bridgehead atoms. The van der Waals surface area contributed by atoms with Crippen molar-refractivity contribution in [2.24, 2.45) is 0 Å². The molecule has 0 fully saturated rings. The van der Waals surface area contributed by atoms with Crippen LogP contribution in [0, 0.1) is 0 Å². The maximum atomic E-state index is 12.6. The van der Waals surface area contributed by atoms with Gasteiger partial charge in [0.05, 0.1) is 31.1 Å². The minimum absolute atomic E-state index is 0.169. The Labute approximate surface area is 159 Å². The van der Waals surface area contributed by atoms with Gasteiger partial charge in [0, 0.05) is 18.8 Å². The number of methoxy groups -OCH3 is 2. The number of hydrogen-bond acceptors (Lipinski definition) is 7. The summed E-state index contributed by atoms with van der Waals surface area (Å²) in [6.07, 6.45) is 1.49. The van der Waals surface area contributed by atoms with Crippen LogP contribution in [0.3, 0.4) is 0 Å². The predicted octanol–water partition coefficient (Wildman–Crippen LogP) is 0.968. The Balaban J connectivity index is 1.79. The van der Waals surface area contributed by atoms with Gasteiger partial charge in [-0.05, 0) is 12.1 Å². The third-order valence-corrected chi connectivity index (χ3v) is 5.01. The Morgan fingerprint density at radius 1 is 1.26 bits per heavy atom. The van der Waals surface area contributed by atoms with Gasteiger partial charge in [-0.25, -0.2) is 4.68 Å². The van der Waals surface area contributed by atoms with Gasteiger partial charge < -0.3 is 19.7 Å². The fourth-order valence-corrected chi connectivity index (χ4v) is 3.56. The number of fused-ring (bicyclic) bond motifs is 1. The van der Waals surface area contributed by atoms with Crippen molar-refractivity contribution in [3.8, 4) is 11.5 Å². The molecule has 0 aliphatic carbocycles. The zero-order valence-corrected chi connectivity index (χ0v) is 15.8. The van der Waals surface area contributed by atoms with E-state index < -0.39 is 11.5 Å². The highest BCUT2D eigenvalue weighted by Gasteiger charge is 2.26. The Morgan fingerprint density at radius 3 is 2.70 bits per heavy atom. The Morgan fingerprint density at radius 2 is 2.00 bits per heavy atom. The average Bonchev–Trinajstić information content (AvgIpc) is 2.66. The van der Waals surface area contributed by atoms with Gasteiger partial charge in [-0.2, -0.15) is 5.10 Å². The number of anilines is 2. The van der Waals surface area contributed by atoms with Crippen molar-refractivity contribution in [3.05, 3.63) is 34.7 Å². The molecule has 1 N–H and O–H groups in total. The molecule has 1 aliphatic heterocycles. The number of rotatable bonds is 5. The summed E-state index contributed by atoms with van der Waals surface area (Å²) < 4.78 is 11.4. The van der Waals surface area contributed by atoms with Crippen molar-refractivity contribution in [3.63, 3.8) is 0 Å². The lowest BCUT2D eigenvalue weighted by molar-refractivity contribution is -0.117. The lowest BCUT2D eigenvalue weighted by Gasteiger charge is -2.24. The molecule has 0 atom stereocenters. The fraction of sp³-hybridized carbons (Fsp3) is 0.294. The fourth-order valence-electron chi connectivity index (χ4n) is 2.60. The molecule has 2 aromatic rings. The largest absolute Gasteiger partial charge is 0.493 e. The predicted molar refractivity (Wildman–Crippen MR) is 101 cm³/mol. The number of carbonyl (C=O) groups is 2. The molecule has 1 aromatic carbocycles. The van der Waals surface area contributed by atoms with Crippen LogP contribution in [-0.2, 0) is 16.1 Å². The average molecular weight is 390 g/mol. The Bertz CT molecular complexity index is 959. The van der Waals surface area contributed by atoms with Gasteiger partial charge >= 0.3 is 0 Å². The highest BCUT2D eigenvalue weighted by Crippen LogP contribution is 2.31. The lowest BCUT2D eigenvalue weighted by atomic mass is 10.2. The van der Waals surface area contributed by atoms with Crippen LogP contribution in [0.15, 0.2) is 34.1 Å². The molecule has 0 radical (unpaired) electrons. The molecule has 1 aromatic heterocycles. The van der Waals surface area contributed by atoms with E-state index in [0.717, 1.165) is 4.68 Å². The molecule has 2 amide bonds. The monoisotopic (exact) mass is 390 g/mol. The second kappa shape index (κ2) is 7.70. The quantitative estimate of drug-likeness (QED) is 0.811. The van der Waals surface area contributed by atoms with E-state index in [1.54, 1.807) is 18.2 Å². The summed E-state index contributed by atoms with van der Waals surface area (Å²) in [4.78, 5) is 38.7. The van der Waals surface area contributed by atoms with Crippen LogP contribution >= 0.6 is 11.8 Å². The van der Waals surface area contributed by atoms with E-state index in [-0.39, 0.29) is 23.9 Å². The van der Waals surface area contributed by atoms with E-state index in [4.69, 9.17) is 9.47 Å². The highest BCUT2D eigenvalue weighted by molar-refractivity contribution is 8.00. The third kappa shape index (κ3) is 3.75. The summed E-state index contributed by atoms with van der Waals surface area (Å²) in [6, 6.07) is 4.93. The van der Waals surface area contributed by atoms with Gasteiger partial charge in [0.2, 0.25) is 11.8 Å². The second-order valence-electron chi connectivity index (χ2n) is 5.68. The Kier molecular flexibility index (Phi) is 5.36. The van der Waals surface area contributed by atoms with Crippen molar-refractivity contribution >= 4 is 35.0 Å². The first-order valence-corrected chi connectivity index (χ1v) is 8.94. The number of thioether (sulfide) groups is 1. The smallest absolute Gasteiger partial charge is 0.292 e. The first-order valence-electron chi connectivity index (χ1n) is 7.96. The number of carbonyl (C=O) groups excluding carboxylic acids is 2. The minimum Gasteiger partial charge on any atom is -0.493 e. The van der Waals surface area contributed by atoms with Crippen LogP contribution < -0.4 is 25.2 Å². The molecule has 0 saturated heterocycles. The van der Waals surface area contributed by atoms with Crippen LogP contribution in [0.4, 0.5) is 11.4 Å². The van der Waals surface area contributed by atoms with E-state index in [0.29, 0.717) is 22.1 Å². The first kappa shape index (κ1) is 18.8. The number of nitrogens with zero attached hydrogens (tertiary/aromatic N) is 3. The maximum Gasteiger partial charge on any atom is 0.292 e. The molecule has 1 aliphatic rings. The number of amides is 2. The summed E-state index contributed by atoms with van der Waals surface area (Å²) in [5.41, 5.74) is 0.245. The number of hydrogen-bond donors (Lipinski definition) is 1. The lowest BCUT2D eigenvalue weighted by Crippen LogP contribution is -2.40. The number of ether oxygens (including phenoxy) is 2. The number of benzene rings is 1. The van der Waals surface area contributed by atoms with Crippen molar-refractivity contribution in [2.75, 3.05) is 37.2 Å². The number of aromatic nitrogens is 2. The molecular formula is C17H18N4O5S. The van der Waals surface area contributed by atoms with E-state index in [1.165, 1.54) is 44.1 Å². The molecule has 2 heterocycles. The topological polar surface area (TPSA) is 103 Å². The van der Waals surface area contributed by atoms with Crippen LogP contribution in [0.1, 0.15) is 0 Å². The standard InChI is InChI=1S/C17H18N4O5S/c1-20-15(23)9-27-13-7-18-21(17(24)16(13)20)8-14(22)19-10-4-5-11(25-2)12(6-10)26-3/h4-7H,8-9H2,1-3H3,(H,19,22). The highest BCUT2D eigenvalue weighted by atomic mass is 32.2. The normalized spacial score (nSPS) is 13.1. The van der Waals surface area contributed by atoms with Gasteiger partial charge in [0.15, 0.2) is 11.5 Å². The van der Waals surface area contributed by atoms with E-state index in [9.17, 15) is 14.4 Å². The van der Waals surface area contributed by atoms with Crippen molar-refractivity contribution in [1.82, 2.24) is 9.78 Å². The zero-order chi connectivity index (χ0) is 19.6. The molecule has 0 saturated carbocycles. The third-order valence-electron chi connectivity index (χ3n) is 4.01. The summed E-state index contributed by atoms with van der Waals surface area (Å²) in [6.45, 7) is -0.285. The van der Waals surface area contributed by atoms with Crippen molar-refractivity contribution in [1.29, 1.82) is 0 Å². The second-order valence-corrected chi connectivity index (χ2v) is 6.70. The van der Waals surface area contributed by atoms with Crippen molar-refractivity contribution in [2.45, 2.75) is 11.4 Å². The maximum absolute atomic E-state index is 12.6. The van der Waals surface area contributed by atoms with Crippen LogP contribution in [0.2, 0.25) is 0 Å².